The number of rotatable bonds is 5. The summed E-state index contributed by atoms with van der Waals surface area (Å²) < 4.78 is 0. The first-order chi connectivity index (χ1) is 9.22. The van der Waals surface area contributed by atoms with Gasteiger partial charge in [0, 0.05) is 18.2 Å². The summed E-state index contributed by atoms with van der Waals surface area (Å²) in [4.78, 5) is 22.5. The third-order valence-electron chi connectivity index (χ3n) is 2.74. The van der Waals surface area contributed by atoms with Gasteiger partial charge in [0.05, 0.1) is 5.25 Å². The standard InChI is InChI=1S/C13H23N5OS/c1-7(2)18(8(3)4)12(19)9(5)20-13-16-10(14)6-11(15)17-13/h6-9H,1-5H3,(H4,14,15,16,17)/t9-/m0/s1. The smallest absolute Gasteiger partial charge is 0.236 e. The van der Waals surface area contributed by atoms with E-state index in [0.29, 0.717) is 16.8 Å². The van der Waals surface area contributed by atoms with E-state index in [0.717, 1.165) is 0 Å². The molecule has 6 nitrogen and oxygen atoms in total. The second-order valence-corrected chi connectivity index (χ2v) is 6.50. The van der Waals surface area contributed by atoms with Crippen molar-refractivity contribution in [3.8, 4) is 0 Å². The number of carbonyl (C=O) groups excluding carboxylic acids is 1. The van der Waals surface area contributed by atoms with Gasteiger partial charge in [-0.1, -0.05) is 11.8 Å². The fraction of sp³-hybridized carbons (Fsp3) is 0.615. The van der Waals surface area contributed by atoms with E-state index < -0.39 is 0 Å². The summed E-state index contributed by atoms with van der Waals surface area (Å²) in [5.74, 6) is 0.679. The maximum Gasteiger partial charge on any atom is 0.236 e. The Morgan fingerprint density at radius 2 is 1.55 bits per heavy atom. The molecular formula is C13H23N5OS. The summed E-state index contributed by atoms with van der Waals surface area (Å²) in [7, 11) is 0. The Labute approximate surface area is 124 Å². The van der Waals surface area contributed by atoms with Gasteiger partial charge >= 0.3 is 0 Å². The van der Waals surface area contributed by atoms with Gasteiger partial charge in [0.2, 0.25) is 5.91 Å². The highest BCUT2D eigenvalue weighted by atomic mass is 32.2. The lowest BCUT2D eigenvalue weighted by atomic mass is 10.2. The first-order valence-electron chi connectivity index (χ1n) is 6.61. The zero-order chi connectivity index (χ0) is 15.4. The van der Waals surface area contributed by atoms with Crippen LogP contribution in [0.3, 0.4) is 0 Å². The molecule has 0 saturated heterocycles. The topological polar surface area (TPSA) is 98.1 Å². The minimum absolute atomic E-state index is 0.0598. The van der Waals surface area contributed by atoms with Crippen molar-refractivity contribution in [3.63, 3.8) is 0 Å². The lowest BCUT2D eigenvalue weighted by molar-refractivity contribution is -0.133. The van der Waals surface area contributed by atoms with Crippen LogP contribution in [0.25, 0.3) is 0 Å². The first-order valence-corrected chi connectivity index (χ1v) is 7.49. The predicted molar refractivity (Wildman–Crippen MR) is 83.3 cm³/mol. The molecule has 0 spiro atoms. The van der Waals surface area contributed by atoms with Gasteiger partial charge < -0.3 is 16.4 Å². The minimum Gasteiger partial charge on any atom is -0.383 e. The monoisotopic (exact) mass is 297 g/mol. The first kappa shape index (κ1) is 16.6. The predicted octanol–water partition coefficient (Wildman–Crippen LogP) is 1.77. The second kappa shape index (κ2) is 6.78. The van der Waals surface area contributed by atoms with E-state index in [1.165, 1.54) is 17.8 Å². The van der Waals surface area contributed by atoms with E-state index in [4.69, 9.17) is 11.5 Å². The number of nitrogens with two attached hydrogens (primary N) is 2. The summed E-state index contributed by atoms with van der Waals surface area (Å²) in [6.45, 7) is 9.86. The molecule has 1 heterocycles. The van der Waals surface area contributed by atoms with Gasteiger partial charge in [-0.2, -0.15) is 0 Å². The van der Waals surface area contributed by atoms with Crippen molar-refractivity contribution in [3.05, 3.63) is 6.07 Å². The van der Waals surface area contributed by atoms with Crippen LogP contribution in [0, 0.1) is 0 Å². The lowest BCUT2D eigenvalue weighted by Gasteiger charge is -2.32. The van der Waals surface area contributed by atoms with Crippen LogP contribution < -0.4 is 11.5 Å². The molecule has 4 N–H and O–H groups in total. The van der Waals surface area contributed by atoms with E-state index in [9.17, 15) is 4.79 Å². The number of nitrogens with zero attached hydrogens (tertiary/aromatic N) is 3. The number of nitrogen functional groups attached to an aromatic ring is 2. The summed E-state index contributed by atoms with van der Waals surface area (Å²) in [6.07, 6.45) is 0. The van der Waals surface area contributed by atoms with Gasteiger partial charge in [-0.25, -0.2) is 9.97 Å². The van der Waals surface area contributed by atoms with Crippen molar-refractivity contribution in [2.24, 2.45) is 0 Å². The molecule has 0 unspecified atom stereocenters. The molecule has 20 heavy (non-hydrogen) atoms. The average molecular weight is 297 g/mol. The van der Waals surface area contributed by atoms with Crippen molar-refractivity contribution in [1.29, 1.82) is 0 Å². The molecule has 7 heteroatoms. The number of thioether (sulfide) groups is 1. The minimum atomic E-state index is -0.291. The number of hydrogen-bond acceptors (Lipinski definition) is 6. The largest absolute Gasteiger partial charge is 0.383 e. The number of carbonyl (C=O) groups is 1. The Bertz CT molecular complexity index is 450. The molecule has 0 saturated carbocycles. The quantitative estimate of drug-likeness (QED) is 0.635. The van der Waals surface area contributed by atoms with Gasteiger partial charge in [0.1, 0.15) is 11.6 Å². The van der Waals surface area contributed by atoms with Gasteiger partial charge in [0.15, 0.2) is 5.16 Å². The highest BCUT2D eigenvalue weighted by molar-refractivity contribution is 8.00. The van der Waals surface area contributed by atoms with Crippen molar-refractivity contribution in [2.45, 2.75) is 57.1 Å². The normalized spacial score (nSPS) is 12.8. The number of aromatic nitrogens is 2. The molecule has 0 aliphatic carbocycles. The maximum atomic E-state index is 12.5. The van der Waals surface area contributed by atoms with Crippen molar-refractivity contribution in [1.82, 2.24) is 14.9 Å². The molecule has 0 aliphatic rings. The second-order valence-electron chi connectivity index (χ2n) is 5.19. The molecule has 112 valence electrons. The molecule has 1 rings (SSSR count). The van der Waals surface area contributed by atoms with Crippen LogP contribution in [0.4, 0.5) is 11.6 Å². The number of amides is 1. The van der Waals surface area contributed by atoms with Crippen LogP contribution >= 0.6 is 11.8 Å². The fourth-order valence-electron chi connectivity index (χ4n) is 2.04. The molecule has 0 radical (unpaired) electrons. The molecule has 0 fully saturated rings. The van der Waals surface area contributed by atoms with Gasteiger partial charge in [-0.3, -0.25) is 4.79 Å². The summed E-state index contributed by atoms with van der Waals surface area (Å²) in [6, 6.07) is 1.79. The number of anilines is 2. The molecule has 1 atom stereocenters. The molecule has 0 aromatic carbocycles. The van der Waals surface area contributed by atoms with Crippen molar-refractivity contribution in [2.75, 3.05) is 11.5 Å². The van der Waals surface area contributed by atoms with Crippen LogP contribution in [0.5, 0.6) is 0 Å². The van der Waals surface area contributed by atoms with Gasteiger partial charge in [-0.15, -0.1) is 0 Å². The van der Waals surface area contributed by atoms with Gasteiger partial charge in [0.25, 0.3) is 0 Å². The van der Waals surface area contributed by atoms with Crippen LogP contribution in [0.1, 0.15) is 34.6 Å². The van der Waals surface area contributed by atoms with Crippen LogP contribution in [0.15, 0.2) is 11.2 Å². The van der Waals surface area contributed by atoms with E-state index in [1.807, 2.05) is 39.5 Å². The van der Waals surface area contributed by atoms with E-state index >= 15 is 0 Å². The van der Waals surface area contributed by atoms with E-state index in [-0.39, 0.29) is 23.2 Å². The summed E-state index contributed by atoms with van der Waals surface area (Å²) >= 11 is 1.27. The third kappa shape index (κ3) is 4.26. The molecule has 0 aliphatic heterocycles. The summed E-state index contributed by atoms with van der Waals surface area (Å²) in [5, 5.41) is 0.136. The third-order valence-corrected chi connectivity index (χ3v) is 3.69. The summed E-state index contributed by atoms with van der Waals surface area (Å²) in [5.41, 5.74) is 11.3. The molecule has 1 amide bonds. The van der Waals surface area contributed by atoms with E-state index in [2.05, 4.69) is 9.97 Å². The molecular weight excluding hydrogens is 274 g/mol. The van der Waals surface area contributed by atoms with Gasteiger partial charge in [-0.05, 0) is 34.6 Å². The Morgan fingerprint density at radius 1 is 1.10 bits per heavy atom. The van der Waals surface area contributed by atoms with Crippen molar-refractivity contribution >= 4 is 29.3 Å². The Kier molecular flexibility index (Phi) is 5.62. The molecule has 0 bridgehead atoms. The molecule has 1 aromatic heterocycles. The fourth-order valence-corrected chi connectivity index (χ4v) is 2.89. The Hall–Kier alpha value is -1.50. The lowest BCUT2D eigenvalue weighted by Crippen LogP contribution is -2.45. The average Bonchev–Trinajstić information content (AvgIpc) is 2.25. The van der Waals surface area contributed by atoms with Crippen molar-refractivity contribution < 1.29 is 4.79 Å². The number of hydrogen-bond donors (Lipinski definition) is 2. The van der Waals surface area contributed by atoms with Crippen LogP contribution in [-0.4, -0.2) is 38.1 Å². The Morgan fingerprint density at radius 3 is 1.95 bits per heavy atom. The maximum absolute atomic E-state index is 12.5. The highest BCUT2D eigenvalue weighted by Crippen LogP contribution is 2.24. The molecule has 1 aromatic rings. The SMILES string of the molecule is CC(C)N(C(=O)[C@H](C)Sc1nc(N)cc(N)n1)C(C)C. The van der Waals surface area contributed by atoms with Crippen LogP contribution in [-0.2, 0) is 4.79 Å². The van der Waals surface area contributed by atoms with Crippen LogP contribution in [0.2, 0.25) is 0 Å². The zero-order valence-corrected chi connectivity index (χ0v) is 13.4. The highest BCUT2D eigenvalue weighted by Gasteiger charge is 2.26. The van der Waals surface area contributed by atoms with E-state index in [1.54, 1.807) is 0 Å². The zero-order valence-electron chi connectivity index (χ0n) is 12.6. The Balaban J connectivity index is 2.84.